The number of piperidine rings is 1. The van der Waals surface area contributed by atoms with E-state index in [9.17, 15) is 9.90 Å². The van der Waals surface area contributed by atoms with Crippen molar-refractivity contribution >= 4 is 17.7 Å². The maximum absolute atomic E-state index is 12.1. The zero-order valence-electron chi connectivity index (χ0n) is 18.1. The molecule has 0 unspecified atom stereocenters. The molecule has 0 radical (unpaired) electrons. The summed E-state index contributed by atoms with van der Waals surface area (Å²) in [7, 11) is 2.97. The van der Waals surface area contributed by atoms with Gasteiger partial charge in [-0.05, 0) is 61.6 Å². The Morgan fingerprint density at radius 1 is 1.29 bits per heavy atom. The van der Waals surface area contributed by atoms with Crippen LogP contribution in [-0.2, 0) is 10.3 Å². The first kappa shape index (κ1) is 23.4. The number of aliphatic hydroxyl groups is 1. The quantitative estimate of drug-likeness (QED) is 0.525. The summed E-state index contributed by atoms with van der Waals surface area (Å²) in [4.78, 5) is 11.4. The topological polar surface area (TPSA) is 79.8 Å². The lowest BCUT2D eigenvalue weighted by molar-refractivity contribution is -0.0415. The van der Waals surface area contributed by atoms with E-state index in [0.29, 0.717) is 24.4 Å². The smallest absolute Gasteiger partial charge is 0.406 e. The minimum absolute atomic E-state index is 0.0298. The molecule has 3 N–H and O–H groups in total. The van der Waals surface area contributed by atoms with E-state index >= 15 is 0 Å². The second kappa shape index (κ2) is 10.8. The molecule has 1 fully saturated rings. The molecule has 168 valence electrons. The molecule has 0 bridgehead atoms. The summed E-state index contributed by atoms with van der Waals surface area (Å²) in [6.07, 6.45) is 2.54. The molecule has 2 aromatic rings. The van der Waals surface area contributed by atoms with Gasteiger partial charge in [-0.25, -0.2) is 4.79 Å². The Bertz CT molecular complexity index is 886. The molecule has 1 saturated heterocycles. The maximum Gasteiger partial charge on any atom is 0.406 e. The Hall–Kier alpha value is -2.28. The van der Waals surface area contributed by atoms with Gasteiger partial charge >= 0.3 is 6.09 Å². The number of alkyl carbamates (subject to hydrolysis) is 1. The van der Waals surface area contributed by atoms with Crippen molar-refractivity contribution in [3.8, 4) is 16.9 Å². The number of carbonyl (C=O) groups is 1. The molecule has 3 rings (SSSR count). The van der Waals surface area contributed by atoms with Gasteiger partial charge in [0.1, 0.15) is 5.75 Å². The lowest BCUT2D eigenvalue weighted by Gasteiger charge is -2.40. The number of amides is 1. The van der Waals surface area contributed by atoms with E-state index < -0.39 is 11.7 Å². The highest BCUT2D eigenvalue weighted by Gasteiger charge is 2.40. The van der Waals surface area contributed by atoms with Gasteiger partial charge in [-0.15, -0.1) is 0 Å². The second-order valence-corrected chi connectivity index (χ2v) is 8.29. The number of nitrogens with one attached hydrogen (secondary N) is 2. The SMILES string of the molecule is COC(=O)NCCC[C@@](O)(c1cccc(Cl)c1-c1cccc(OC)c1)[C@@H]1CCCNC1. The van der Waals surface area contributed by atoms with Crippen LogP contribution in [0.15, 0.2) is 42.5 Å². The molecule has 0 aromatic heterocycles. The average Bonchev–Trinajstić information content (AvgIpc) is 2.81. The predicted octanol–water partition coefficient (Wildman–Crippen LogP) is 4.34. The molecular weight excluding hydrogens is 416 g/mol. The summed E-state index contributed by atoms with van der Waals surface area (Å²) in [6, 6.07) is 13.4. The van der Waals surface area contributed by atoms with E-state index in [1.54, 1.807) is 7.11 Å². The molecule has 0 aliphatic carbocycles. The Morgan fingerprint density at radius 3 is 2.81 bits per heavy atom. The third kappa shape index (κ3) is 5.50. The van der Waals surface area contributed by atoms with Crippen molar-refractivity contribution < 1.29 is 19.4 Å². The van der Waals surface area contributed by atoms with Gasteiger partial charge < -0.3 is 25.2 Å². The number of methoxy groups -OCH3 is 2. The molecule has 1 heterocycles. The van der Waals surface area contributed by atoms with Crippen LogP contribution in [0.3, 0.4) is 0 Å². The first-order chi connectivity index (χ1) is 15.0. The highest BCUT2D eigenvalue weighted by Crippen LogP contribution is 2.45. The summed E-state index contributed by atoms with van der Waals surface area (Å²) >= 11 is 6.69. The standard InChI is InChI=1S/C24H31ClN2O4/c1-30-19-9-3-7-17(15-19)22-20(10-4-11-21(22)25)24(29,18-8-5-13-26-16-18)12-6-14-27-23(28)31-2/h3-4,7,9-11,15,18,26,29H,5-6,8,12-14,16H2,1-2H3,(H,27,28)/t18-,24+/m1/s1. The second-order valence-electron chi connectivity index (χ2n) is 7.88. The number of halogens is 1. The van der Waals surface area contributed by atoms with E-state index in [-0.39, 0.29) is 5.92 Å². The van der Waals surface area contributed by atoms with Gasteiger partial charge in [0, 0.05) is 29.6 Å². The van der Waals surface area contributed by atoms with Crippen molar-refractivity contribution in [2.45, 2.75) is 31.3 Å². The molecule has 0 saturated carbocycles. The highest BCUT2D eigenvalue weighted by molar-refractivity contribution is 6.33. The number of benzene rings is 2. The molecule has 7 heteroatoms. The number of rotatable bonds is 8. The first-order valence-electron chi connectivity index (χ1n) is 10.7. The fourth-order valence-corrected chi connectivity index (χ4v) is 4.68. The molecule has 2 aromatic carbocycles. The van der Waals surface area contributed by atoms with Gasteiger partial charge in [-0.3, -0.25) is 0 Å². The predicted molar refractivity (Wildman–Crippen MR) is 123 cm³/mol. The van der Waals surface area contributed by atoms with Crippen LogP contribution in [0.2, 0.25) is 5.02 Å². The third-order valence-corrected chi connectivity index (χ3v) is 6.32. The summed E-state index contributed by atoms with van der Waals surface area (Å²) in [5, 5.41) is 18.9. The Balaban J connectivity index is 2.00. The molecule has 6 nitrogen and oxygen atoms in total. The van der Waals surface area contributed by atoms with Crippen LogP contribution in [0.5, 0.6) is 5.75 Å². The van der Waals surface area contributed by atoms with Crippen LogP contribution in [0.1, 0.15) is 31.2 Å². The molecule has 1 aliphatic rings. The van der Waals surface area contributed by atoms with Crippen molar-refractivity contribution in [1.82, 2.24) is 10.6 Å². The van der Waals surface area contributed by atoms with Crippen molar-refractivity contribution in [2.75, 3.05) is 33.9 Å². The lowest BCUT2D eigenvalue weighted by Crippen LogP contribution is -2.45. The average molecular weight is 447 g/mol. The molecule has 1 aliphatic heterocycles. The molecular formula is C24H31ClN2O4. The van der Waals surface area contributed by atoms with Crippen molar-refractivity contribution in [1.29, 1.82) is 0 Å². The zero-order chi connectivity index (χ0) is 22.3. The fraction of sp³-hybridized carbons (Fsp3) is 0.458. The minimum atomic E-state index is -1.10. The Labute approximate surface area is 188 Å². The van der Waals surface area contributed by atoms with Crippen LogP contribution in [-0.4, -0.2) is 45.1 Å². The monoisotopic (exact) mass is 446 g/mol. The van der Waals surface area contributed by atoms with Crippen molar-refractivity contribution in [3.05, 3.63) is 53.1 Å². The van der Waals surface area contributed by atoms with Gasteiger partial charge in [-0.2, -0.15) is 0 Å². The molecule has 1 amide bonds. The Kier molecular flexibility index (Phi) is 8.18. The van der Waals surface area contributed by atoms with E-state index in [2.05, 4.69) is 15.4 Å². The summed E-state index contributed by atoms with van der Waals surface area (Å²) in [5.41, 5.74) is 1.42. The highest BCUT2D eigenvalue weighted by atomic mass is 35.5. The number of carbonyl (C=O) groups excluding carboxylic acids is 1. The third-order valence-electron chi connectivity index (χ3n) is 6.00. The lowest BCUT2D eigenvalue weighted by atomic mass is 9.72. The minimum Gasteiger partial charge on any atom is -0.497 e. The summed E-state index contributed by atoms with van der Waals surface area (Å²) in [5.74, 6) is 0.760. The molecule has 2 atom stereocenters. The number of hydrogen-bond acceptors (Lipinski definition) is 5. The number of hydrogen-bond donors (Lipinski definition) is 3. The van der Waals surface area contributed by atoms with Crippen LogP contribution >= 0.6 is 11.6 Å². The summed E-state index contributed by atoms with van der Waals surface area (Å²) in [6.45, 7) is 2.10. The fourth-order valence-electron chi connectivity index (χ4n) is 4.40. The van der Waals surface area contributed by atoms with Gasteiger partial charge in [0.15, 0.2) is 0 Å². The summed E-state index contributed by atoms with van der Waals surface area (Å²) < 4.78 is 10.0. The van der Waals surface area contributed by atoms with E-state index in [1.165, 1.54) is 7.11 Å². The largest absolute Gasteiger partial charge is 0.497 e. The van der Waals surface area contributed by atoms with E-state index in [0.717, 1.165) is 48.4 Å². The number of ether oxygens (including phenoxy) is 2. The van der Waals surface area contributed by atoms with Crippen molar-refractivity contribution in [3.63, 3.8) is 0 Å². The van der Waals surface area contributed by atoms with Crippen LogP contribution in [0.25, 0.3) is 11.1 Å². The van der Waals surface area contributed by atoms with E-state index in [1.807, 2.05) is 42.5 Å². The van der Waals surface area contributed by atoms with Gasteiger partial charge in [0.25, 0.3) is 0 Å². The molecule has 0 spiro atoms. The van der Waals surface area contributed by atoms with Crippen LogP contribution in [0, 0.1) is 5.92 Å². The van der Waals surface area contributed by atoms with Crippen LogP contribution in [0.4, 0.5) is 4.79 Å². The normalized spacial score (nSPS) is 18.1. The van der Waals surface area contributed by atoms with Crippen LogP contribution < -0.4 is 15.4 Å². The Morgan fingerprint density at radius 2 is 2.10 bits per heavy atom. The van der Waals surface area contributed by atoms with Crippen molar-refractivity contribution in [2.24, 2.45) is 5.92 Å². The van der Waals surface area contributed by atoms with Gasteiger partial charge in [0.05, 0.1) is 19.8 Å². The maximum atomic E-state index is 12.1. The molecule has 31 heavy (non-hydrogen) atoms. The van der Waals surface area contributed by atoms with Gasteiger partial charge in [-0.1, -0.05) is 35.9 Å². The first-order valence-corrected chi connectivity index (χ1v) is 11.1. The van der Waals surface area contributed by atoms with Gasteiger partial charge in [0.2, 0.25) is 0 Å². The zero-order valence-corrected chi connectivity index (χ0v) is 18.9. The van der Waals surface area contributed by atoms with E-state index in [4.69, 9.17) is 16.3 Å².